The summed E-state index contributed by atoms with van der Waals surface area (Å²) in [4.78, 5) is 35.2. The van der Waals surface area contributed by atoms with Crippen molar-refractivity contribution < 1.29 is 28.7 Å². The van der Waals surface area contributed by atoms with Gasteiger partial charge in [0.2, 0.25) is 0 Å². The minimum Gasteiger partial charge on any atom is -0.497 e. The summed E-state index contributed by atoms with van der Waals surface area (Å²) in [6.45, 7) is 2.85. The van der Waals surface area contributed by atoms with Gasteiger partial charge in [-0.1, -0.05) is 12.1 Å². The monoisotopic (exact) mass is 490 g/mol. The molecule has 0 aromatic heterocycles. The molecule has 0 aliphatic carbocycles. The molecule has 162 valence electrons. The van der Waals surface area contributed by atoms with Gasteiger partial charge in [-0.15, -0.1) is 0 Å². The van der Waals surface area contributed by atoms with Gasteiger partial charge in [-0.3, -0.25) is 10.1 Å². The Balaban J connectivity index is 1.88. The van der Waals surface area contributed by atoms with Crippen LogP contribution in [-0.2, 0) is 25.5 Å². The largest absolute Gasteiger partial charge is 0.497 e. The van der Waals surface area contributed by atoms with Crippen molar-refractivity contribution in [3.8, 4) is 5.75 Å². The number of hydrogen-bond donors (Lipinski definition) is 1. The molecule has 2 aromatic rings. The number of carbonyl (C=O) groups excluding carboxylic acids is 2. The van der Waals surface area contributed by atoms with Gasteiger partial charge >= 0.3 is 11.9 Å². The first-order valence-electron chi connectivity index (χ1n) is 9.13. The average molecular weight is 491 g/mol. The van der Waals surface area contributed by atoms with E-state index in [1.807, 2.05) is 24.3 Å². The minimum atomic E-state index is -1.37. The van der Waals surface area contributed by atoms with E-state index in [0.29, 0.717) is 22.2 Å². The zero-order valence-electron chi connectivity index (χ0n) is 16.9. The van der Waals surface area contributed by atoms with E-state index in [0.717, 1.165) is 11.8 Å². The fraction of sp³-hybridized carbons (Fsp3) is 0.238. The van der Waals surface area contributed by atoms with Gasteiger partial charge in [0, 0.05) is 30.6 Å². The van der Waals surface area contributed by atoms with E-state index in [-0.39, 0.29) is 11.4 Å². The highest BCUT2D eigenvalue weighted by Gasteiger charge is 2.39. The summed E-state index contributed by atoms with van der Waals surface area (Å²) in [6.07, 6.45) is 1.49. The van der Waals surface area contributed by atoms with Gasteiger partial charge in [0.25, 0.3) is 11.5 Å². The Labute approximate surface area is 186 Å². The van der Waals surface area contributed by atoms with Gasteiger partial charge in [-0.05, 0) is 51.7 Å². The number of halogens is 1. The molecule has 31 heavy (non-hydrogen) atoms. The van der Waals surface area contributed by atoms with Crippen molar-refractivity contribution >= 4 is 39.2 Å². The Hall–Kier alpha value is -3.40. The highest BCUT2D eigenvalue weighted by atomic mass is 79.9. The normalized spacial score (nSPS) is 15.0. The van der Waals surface area contributed by atoms with Crippen LogP contribution in [0.1, 0.15) is 25.0 Å². The first-order valence-corrected chi connectivity index (χ1v) is 9.92. The minimum absolute atomic E-state index is 0.0846. The molecule has 0 amide bonds. The third-order valence-corrected chi connectivity index (χ3v) is 5.00. The van der Waals surface area contributed by atoms with E-state index < -0.39 is 28.2 Å². The van der Waals surface area contributed by atoms with Crippen LogP contribution in [0, 0.1) is 10.1 Å². The number of anilines is 1. The molecule has 1 N–H and O–H groups in total. The van der Waals surface area contributed by atoms with Gasteiger partial charge in [-0.2, -0.15) is 0 Å². The maximum absolute atomic E-state index is 12.1. The summed E-state index contributed by atoms with van der Waals surface area (Å²) in [6, 6.07) is 10.5. The molecular weight excluding hydrogens is 472 g/mol. The van der Waals surface area contributed by atoms with Crippen molar-refractivity contribution in [2.45, 2.75) is 26.1 Å². The topological polar surface area (TPSA) is 117 Å². The molecule has 1 aliphatic heterocycles. The number of ether oxygens (including phenoxy) is 3. The second kappa shape index (κ2) is 8.76. The summed E-state index contributed by atoms with van der Waals surface area (Å²) in [5.41, 5.74) is 1.09. The Morgan fingerprint density at radius 2 is 1.74 bits per heavy atom. The molecule has 10 heteroatoms. The van der Waals surface area contributed by atoms with Crippen molar-refractivity contribution in [2.75, 3.05) is 12.4 Å². The fourth-order valence-corrected chi connectivity index (χ4v) is 3.55. The predicted molar refractivity (Wildman–Crippen MR) is 115 cm³/mol. The third kappa shape index (κ3) is 5.21. The molecule has 0 unspecified atom stereocenters. The molecule has 0 saturated carbocycles. The number of nitrogens with one attached hydrogen (secondary N) is 1. The van der Waals surface area contributed by atoms with Gasteiger partial charge in [0.15, 0.2) is 5.57 Å². The van der Waals surface area contributed by atoms with Crippen LogP contribution in [0.2, 0.25) is 0 Å². The van der Waals surface area contributed by atoms with E-state index >= 15 is 0 Å². The van der Waals surface area contributed by atoms with Crippen LogP contribution in [0.5, 0.6) is 5.75 Å². The molecule has 0 spiro atoms. The van der Waals surface area contributed by atoms with Gasteiger partial charge in [0.1, 0.15) is 11.4 Å². The maximum atomic E-state index is 12.1. The molecule has 0 atom stereocenters. The number of rotatable bonds is 6. The first-order chi connectivity index (χ1) is 14.6. The molecule has 1 fully saturated rings. The van der Waals surface area contributed by atoms with Crippen LogP contribution in [-0.4, -0.2) is 29.8 Å². The average Bonchev–Trinajstić information content (AvgIpc) is 2.68. The number of cyclic esters (lactones) is 2. The number of methoxy groups -OCH3 is 1. The highest BCUT2D eigenvalue weighted by Crippen LogP contribution is 2.35. The van der Waals surface area contributed by atoms with Crippen LogP contribution < -0.4 is 10.1 Å². The smallest absolute Gasteiger partial charge is 0.350 e. The Bertz CT molecular complexity index is 1060. The lowest BCUT2D eigenvalue weighted by Gasteiger charge is -2.29. The predicted octanol–water partition coefficient (Wildman–Crippen LogP) is 4.09. The van der Waals surface area contributed by atoms with Gasteiger partial charge in [0.05, 0.1) is 12.0 Å². The number of nitro benzene ring substituents is 1. The number of nitro groups is 1. The summed E-state index contributed by atoms with van der Waals surface area (Å²) < 4.78 is 15.5. The molecule has 0 bridgehead atoms. The Morgan fingerprint density at radius 3 is 2.29 bits per heavy atom. The van der Waals surface area contributed by atoms with Crippen LogP contribution in [0.3, 0.4) is 0 Å². The van der Waals surface area contributed by atoms with Crippen molar-refractivity contribution in [2.24, 2.45) is 0 Å². The van der Waals surface area contributed by atoms with Crippen molar-refractivity contribution in [3.63, 3.8) is 0 Å². The number of nitrogens with zero attached hydrogens (tertiary/aromatic N) is 1. The zero-order valence-corrected chi connectivity index (χ0v) is 18.5. The highest BCUT2D eigenvalue weighted by molar-refractivity contribution is 9.10. The van der Waals surface area contributed by atoms with Crippen LogP contribution >= 0.6 is 15.9 Å². The van der Waals surface area contributed by atoms with E-state index in [2.05, 4.69) is 21.2 Å². The third-order valence-electron chi connectivity index (χ3n) is 4.37. The Morgan fingerprint density at radius 1 is 1.13 bits per heavy atom. The molecular formula is C21H19BrN2O7. The fourth-order valence-electron chi connectivity index (χ4n) is 2.94. The van der Waals surface area contributed by atoms with Crippen molar-refractivity contribution in [3.05, 3.63) is 73.9 Å². The lowest BCUT2D eigenvalue weighted by Crippen LogP contribution is -2.42. The van der Waals surface area contributed by atoms with E-state index in [9.17, 15) is 19.7 Å². The second-order valence-electron chi connectivity index (χ2n) is 7.13. The SMILES string of the molecule is COc1ccc(Cc2cc(Br)c(NC=C3C(=O)OC(C)(C)OC3=O)c([N+](=O)[O-])c2)cc1. The van der Waals surface area contributed by atoms with E-state index in [4.69, 9.17) is 14.2 Å². The molecule has 1 saturated heterocycles. The lowest BCUT2D eigenvalue weighted by molar-refractivity contribution is -0.384. The maximum Gasteiger partial charge on any atom is 0.350 e. The molecule has 1 heterocycles. The molecule has 9 nitrogen and oxygen atoms in total. The molecule has 2 aromatic carbocycles. The first kappa shape index (κ1) is 22.3. The number of benzene rings is 2. The molecule has 3 rings (SSSR count). The van der Waals surface area contributed by atoms with Gasteiger partial charge < -0.3 is 19.5 Å². The number of carbonyl (C=O) groups is 2. The quantitative estimate of drug-likeness (QED) is 0.211. The summed E-state index contributed by atoms with van der Waals surface area (Å²) in [7, 11) is 1.57. The zero-order chi connectivity index (χ0) is 22.8. The van der Waals surface area contributed by atoms with Crippen molar-refractivity contribution in [1.29, 1.82) is 0 Å². The Kier molecular flexibility index (Phi) is 6.30. The second-order valence-corrected chi connectivity index (χ2v) is 7.99. The summed E-state index contributed by atoms with van der Waals surface area (Å²) in [5.74, 6) is -2.43. The molecule has 0 radical (unpaired) electrons. The van der Waals surface area contributed by atoms with Crippen LogP contribution in [0.15, 0.2) is 52.6 Å². The van der Waals surface area contributed by atoms with E-state index in [1.165, 1.54) is 19.9 Å². The number of hydrogen-bond acceptors (Lipinski definition) is 8. The van der Waals surface area contributed by atoms with Crippen LogP contribution in [0.25, 0.3) is 0 Å². The van der Waals surface area contributed by atoms with Gasteiger partial charge in [-0.25, -0.2) is 9.59 Å². The standard InChI is InChI=1S/C21H19BrN2O7/c1-21(2)30-19(25)15(20(26)31-21)11-23-18-16(22)9-13(10-17(18)24(27)28)8-12-4-6-14(29-3)7-5-12/h4-7,9-11,23H,8H2,1-3H3. The lowest BCUT2D eigenvalue weighted by atomic mass is 10.0. The van der Waals surface area contributed by atoms with E-state index in [1.54, 1.807) is 13.2 Å². The van der Waals surface area contributed by atoms with Crippen molar-refractivity contribution in [1.82, 2.24) is 0 Å². The number of esters is 2. The van der Waals surface area contributed by atoms with Crippen LogP contribution in [0.4, 0.5) is 11.4 Å². The summed E-state index contributed by atoms with van der Waals surface area (Å²) in [5, 5.41) is 14.3. The summed E-state index contributed by atoms with van der Waals surface area (Å²) >= 11 is 3.33. The molecule has 1 aliphatic rings.